The van der Waals surface area contributed by atoms with Crippen molar-refractivity contribution in [2.75, 3.05) is 7.11 Å². The van der Waals surface area contributed by atoms with E-state index in [1.165, 1.54) is 25.4 Å². The molecular formula is C25H21ClF4N2O2. The van der Waals surface area contributed by atoms with Gasteiger partial charge in [-0.1, -0.05) is 29.8 Å². The van der Waals surface area contributed by atoms with Crippen LogP contribution in [0.3, 0.4) is 0 Å². The molecule has 1 heterocycles. The van der Waals surface area contributed by atoms with Crippen LogP contribution < -0.4 is 10.1 Å². The third-order valence-corrected chi connectivity index (χ3v) is 6.04. The van der Waals surface area contributed by atoms with Gasteiger partial charge in [0, 0.05) is 18.5 Å². The first kappa shape index (κ1) is 24.0. The van der Waals surface area contributed by atoms with Crippen molar-refractivity contribution in [1.29, 1.82) is 0 Å². The summed E-state index contributed by atoms with van der Waals surface area (Å²) in [6.45, 7) is 0. The molecule has 0 radical (unpaired) electrons. The Morgan fingerprint density at radius 1 is 1.12 bits per heavy atom. The van der Waals surface area contributed by atoms with Crippen molar-refractivity contribution in [2.45, 2.75) is 31.0 Å². The number of hydrogen-bond donors (Lipinski definition) is 1. The molecule has 0 bridgehead atoms. The first-order chi connectivity index (χ1) is 16.1. The van der Waals surface area contributed by atoms with Crippen molar-refractivity contribution in [1.82, 2.24) is 10.3 Å². The van der Waals surface area contributed by atoms with Crippen molar-refractivity contribution < 1.29 is 27.1 Å². The van der Waals surface area contributed by atoms with Crippen molar-refractivity contribution in [3.05, 3.63) is 94.0 Å². The van der Waals surface area contributed by atoms with Crippen LogP contribution in [-0.2, 0) is 22.9 Å². The Kier molecular flexibility index (Phi) is 6.53. The zero-order valence-electron chi connectivity index (χ0n) is 18.1. The van der Waals surface area contributed by atoms with Crippen molar-refractivity contribution in [2.24, 2.45) is 5.92 Å². The van der Waals surface area contributed by atoms with Crippen LogP contribution in [0.1, 0.15) is 35.2 Å². The molecule has 4 nitrogen and oxygen atoms in total. The summed E-state index contributed by atoms with van der Waals surface area (Å²) in [4.78, 5) is 17.4. The number of nitrogens with zero attached hydrogens (tertiary/aromatic N) is 1. The van der Waals surface area contributed by atoms with Crippen LogP contribution >= 0.6 is 11.6 Å². The third-order valence-electron chi connectivity index (χ3n) is 5.82. The Bertz CT molecular complexity index is 1200. The molecule has 0 aliphatic heterocycles. The molecule has 9 heteroatoms. The summed E-state index contributed by atoms with van der Waals surface area (Å²) in [6.07, 6.45) is -2.16. The van der Waals surface area contributed by atoms with Gasteiger partial charge in [0.05, 0.1) is 23.4 Å². The van der Waals surface area contributed by atoms with E-state index in [2.05, 4.69) is 10.3 Å². The normalized spacial score (nSPS) is 15.5. The predicted molar refractivity (Wildman–Crippen MR) is 119 cm³/mol. The minimum atomic E-state index is -4.79. The Hall–Kier alpha value is -3.13. The molecule has 4 rings (SSSR count). The van der Waals surface area contributed by atoms with E-state index in [4.69, 9.17) is 16.3 Å². The number of para-hydroxylation sites is 1. The third kappa shape index (κ3) is 5.01. The standard InChI is InChI=1S/C25H21ClF4N2O2/c1-34-21-5-3-2-4-16(21)13-24(32-23(33)15-6-7-15,22-9-8-19(26)14-31-22)17-10-18(25(28,29)30)12-20(27)11-17/h2-5,8-12,14-15H,6-7,13H2,1H3,(H,32,33)/t24-/m1/s1. The maximum Gasteiger partial charge on any atom is 0.416 e. The van der Waals surface area contributed by atoms with Crippen LogP contribution in [0.5, 0.6) is 5.75 Å². The van der Waals surface area contributed by atoms with E-state index in [1.807, 2.05) is 0 Å². The Labute approximate surface area is 198 Å². The number of ether oxygens (including phenoxy) is 1. The summed E-state index contributed by atoms with van der Waals surface area (Å²) in [5.74, 6) is -1.22. The molecule has 34 heavy (non-hydrogen) atoms. The number of hydrogen-bond acceptors (Lipinski definition) is 3. The van der Waals surface area contributed by atoms with E-state index >= 15 is 0 Å². The summed E-state index contributed by atoms with van der Waals surface area (Å²) >= 11 is 6.01. The van der Waals surface area contributed by atoms with E-state index < -0.39 is 23.1 Å². The molecule has 3 aromatic rings. The van der Waals surface area contributed by atoms with Crippen LogP contribution in [0, 0.1) is 11.7 Å². The van der Waals surface area contributed by atoms with Gasteiger partial charge in [0.25, 0.3) is 0 Å². The van der Waals surface area contributed by atoms with Crippen molar-refractivity contribution in [3.63, 3.8) is 0 Å². The van der Waals surface area contributed by atoms with Gasteiger partial charge in [-0.05, 0) is 60.4 Å². The molecule has 1 aromatic heterocycles. The second kappa shape index (κ2) is 9.25. The fourth-order valence-corrected chi connectivity index (χ4v) is 4.05. The Morgan fingerprint density at radius 2 is 1.82 bits per heavy atom. The van der Waals surface area contributed by atoms with Crippen LogP contribution in [0.2, 0.25) is 5.02 Å². The molecule has 1 aliphatic rings. The molecular weight excluding hydrogens is 472 g/mol. The van der Waals surface area contributed by atoms with Gasteiger partial charge in [0.15, 0.2) is 0 Å². The highest BCUT2D eigenvalue weighted by atomic mass is 35.5. The number of aromatic nitrogens is 1. The maximum atomic E-state index is 14.6. The second-order valence-electron chi connectivity index (χ2n) is 8.25. The summed E-state index contributed by atoms with van der Waals surface area (Å²) in [5.41, 5.74) is -2.07. The highest BCUT2D eigenvalue weighted by molar-refractivity contribution is 6.30. The van der Waals surface area contributed by atoms with Crippen molar-refractivity contribution in [3.8, 4) is 5.75 Å². The molecule has 1 N–H and O–H groups in total. The van der Waals surface area contributed by atoms with Crippen LogP contribution in [-0.4, -0.2) is 18.0 Å². The number of alkyl halides is 3. The lowest BCUT2D eigenvalue weighted by atomic mass is 9.79. The zero-order valence-corrected chi connectivity index (χ0v) is 18.9. The highest BCUT2D eigenvalue weighted by Crippen LogP contribution is 2.40. The molecule has 2 aromatic carbocycles. The summed E-state index contributed by atoms with van der Waals surface area (Å²) in [5, 5.41) is 3.22. The second-order valence-corrected chi connectivity index (χ2v) is 8.68. The first-order valence-electron chi connectivity index (χ1n) is 10.6. The molecule has 1 saturated carbocycles. The Morgan fingerprint density at radius 3 is 2.44 bits per heavy atom. The average molecular weight is 493 g/mol. The lowest BCUT2D eigenvalue weighted by Gasteiger charge is -2.36. The number of methoxy groups -OCH3 is 1. The number of carbonyl (C=O) groups is 1. The first-order valence-corrected chi connectivity index (χ1v) is 10.9. The number of benzene rings is 2. The summed E-state index contributed by atoms with van der Waals surface area (Å²) in [7, 11) is 1.47. The van der Waals surface area contributed by atoms with Gasteiger partial charge in [0.2, 0.25) is 5.91 Å². The fourth-order valence-electron chi connectivity index (χ4n) is 3.94. The largest absolute Gasteiger partial charge is 0.496 e. The number of nitrogens with one attached hydrogen (secondary N) is 1. The fraction of sp³-hybridized carbons (Fsp3) is 0.280. The average Bonchev–Trinajstić information content (AvgIpc) is 3.64. The minimum absolute atomic E-state index is 0.0368. The number of pyridine rings is 1. The van der Waals surface area contributed by atoms with E-state index in [0.717, 1.165) is 12.1 Å². The van der Waals surface area contributed by atoms with Crippen LogP contribution in [0.4, 0.5) is 17.6 Å². The Balaban J connectivity index is 1.98. The zero-order chi connectivity index (χ0) is 24.5. The van der Waals surface area contributed by atoms with E-state index in [0.29, 0.717) is 35.2 Å². The molecule has 0 unspecified atom stereocenters. The molecule has 1 aliphatic carbocycles. The number of carbonyl (C=O) groups excluding carboxylic acids is 1. The predicted octanol–water partition coefficient (Wildman–Crippen LogP) is 5.91. The topological polar surface area (TPSA) is 51.2 Å². The van der Waals surface area contributed by atoms with E-state index in [9.17, 15) is 22.4 Å². The quantitative estimate of drug-likeness (QED) is 0.417. The molecule has 0 spiro atoms. The molecule has 1 amide bonds. The molecule has 1 atom stereocenters. The number of halogens is 5. The van der Waals surface area contributed by atoms with Gasteiger partial charge in [-0.2, -0.15) is 13.2 Å². The van der Waals surface area contributed by atoms with Gasteiger partial charge < -0.3 is 10.1 Å². The summed E-state index contributed by atoms with van der Waals surface area (Å²) < 4.78 is 60.9. The van der Waals surface area contributed by atoms with Gasteiger partial charge in [-0.3, -0.25) is 9.78 Å². The smallest absolute Gasteiger partial charge is 0.416 e. The monoisotopic (exact) mass is 492 g/mol. The lowest BCUT2D eigenvalue weighted by molar-refractivity contribution is -0.137. The van der Waals surface area contributed by atoms with Gasteiger partial charge in [-0.15, -0.1) is 0 Å². The summed E-state index contributed by atoms with van der Waals surface area (Å²) in [6, 6.07) is 12.2. The SMILES string of the molecule is COc1ccccc1C[C@@](NC(=O)C1CC1)(c1cc(F)cc(C(F)(F)F)c1)c1ccc(Cl)cn1. The van der Waals surface area contributed by atoms with Crippen LogP contribution in [0.25, 0.3) is 0 Å². The van der Waals surface area contributed by atoms with E-state index in [1.54, 1.807) is 24.3 Å². The lowest BCUT2D eigenvalue weighted by Crippen LogP contribution is -2.50. The van der Waals surface area contributed by atoms with Crippen LogP contribution in [0.15, 0.2) is 60.8 Å². The van der Waals surface area contributed by atoms with E-state index in [-0.39, 0.29) is 29.5 Å². The van der Waals surface area contributed by atoms with Crippen molar-refractivity contribution >= 4 is 17.5 Å². The number of amides is 1. The molecule has 1 fully saturated rings. The van der Waals surface area contributed by atoms with Gasteiger partial charge >= 0.3 is 6.18 Å². The minimum Gasteiger partial charge on any atom is -0.496 e. The number of rotatable bonds is 7. The van der Waals surface area contributed by atoms with Gasteiger partial charge in [0.1, 0.15) is 17.1 Å². The maximum absolute atomic E-state index is 14.6. The molecule has 0 saturated heterocycles. The molecule has 178 valence electrons. The highest BCUT2D eigenvalue weighted by Gasteiger charge is 2.43. The van der Waals surface area contributed by atoms with Gasteiger partial charge in [-0.25, -0.2) is 4.39 Å².